The van der Waals surface area contributed by atoms with Crippen molar-refractivity contribution in [3.63, 3.8) is 0 Å². The Morgan fingerprint density at radius 3 is 2.95 bits per heavy atom. The highest BCUT2D eigenvalue weighted by molar-refractivity contribution is 6.30. The number of fused-ring (bicyclic) bond motifs is 1. The number of halogens is 1. The van der Waals surface area contributed by atoms with Gasteiger partial charge in [0.05, 0.1) is 23.0 Å². The van der Waals surface area contributed by atoms with Crippen molar-refractivity contribution in [3.8, 4) is 0 Å². The molecule has 6 heteroatoms. The summed E-state index contributed by atoms with van der Waals surface area (Å²) in [6.07, 6.45) is 6.43. The van der Waals surface area contributed by atoms with Crippen LogP contribution in [0.2, 0.25) is 5.02 Å². The van der Waals surface area contributed by atoms with Crippen LogP contribution in [0.3, 0.4) is 0 Å². The van der Waals surface area contributed by atoms with Crippen LogP contribution in [0.15, 0.2) is 24.5 Å². The van der Waals surface area contributed by atoms with E-state index in [-0.39, 0.29) is 11.9 Å². The first kappa shape index (κ1) is 14.1. The molecule has 0 fully saturated rings. The first-order valence-electron chi connectivity index (χ1n) is 7.12. The Morgan fingerprint density at radius 1 is 1.33 bits per heavy atom. The molecule has 2 aromatic heterocycles. The lowest BCUT2D eigenvalue weighted by atomic mass is 10.1. The van der Waals surface area contributed by atoms with Crippen LogP contribution >= 0.6 is 11.6 Å². The number of aromatic nitrogens is 3. The summed E-state index contributed by atoms with van der Waals surface area (Å²) in [6, 6.07) is 3.41. The highest BCUT2D eigenvalue weighted by atomic mass is 35.5. The molecule has 1 atom stereocenters. The second-order valence-corrected chi connectivity index (χ2v) is 5.70. The van der Waals surface area contributed by atoms with Crippen molar-refractivity contribution in [2.75, 3.05) is 0 Å². The van der Waals surface area contributed by atoms with Crippen LogP contribution in [0.1, 0.15) is 47.8 Å². The predicted molar refractivity (Wildman–Crippen MR) is 80.3 cm³/mol. The van der Waals surface area contributed by atoms with Crippen molar-refractivity contribution in [3.05, 3.63) is 46.8 Å². The van der Waals surface area contributed by atoms with E-state index in [2.05, 4.69) is 15.3 Å². The second-order valence-electron chi connectivity index (χ2n) is 5.26. The topological polar surface area (TPSA) is 59.8 Å². The molecule has 2 aromatic rings. The summed E-state index contributed by atoms with van der Waals surface area (Å²) in [7, 11) is 0. The maximum Gasteiger partial charge on any atom is 0.270 e. The van der Waals surface area contributed by atoms with Gasteiger partial charge < -0.3 is 9.88 Å². The summed E-state index contributed by atoms with van der Waals surface area (Å²) < 4.78 is 2.01. The Morgan fingerprint density at radius 2 is 2.19 bits per heavy atom. The van der Waals surface area contributed by atoms with E-state index in [1.807, 2.05) is 17.6 Å². The monoisotopic (exact) mass is 304 g/mol. The third kappa shape index (κ3) is 2.93. The van der Waals surface area contributed by atoms with Crippen molar-refractivity contribution in [2.24, 2.45) is 0 Å². The molecule has 0 bridgehead atoms. The molecule has 110 valence electrons. The first-order chi connectivity index (χ1) is 10.1. The minimum atomic E-state index is -0.176. The zero-order valence-corrected chi connectivity index (χ0v) is 12.6. The predicted octanol–water partition coefficient (Wildman–Crippen LogP) is 2.76. The quantitative estimate of drug-likeness (QED) is 0.948. The van der Waals surface area contributed by atoms with Gasteiger partial charge in [-0.25, -0.2) is 4.98 Å². The van der Waals surface area contributed by atoms with Gasteiger partial charge in [-0.15, -0.1) is 0 Å². The van der Waals surface area contributed by atoms with Crippen molar-refractivity contribution in [2.45, 2.75) is 38.8 Å². The van der Waals surface area contributed by atoms with E-state index in [1.54, 1.807) is 18.5 Å². The molecule has 21 heavy (non-hydrogen) atoms. The third-order valence-corrected chi connectivity index (χ3v) is 3.97. The third-order valence-electron chi connectivity index (χ3n) is 3.74. The lowest BCUT2D eigenvalue weighted by molar-refractivity contribution is 0.0928. The smallest absolute Gasteiger partial charge is 0.270 e. The number of nitrogens with one attached hydrogen (secondary N) is 1. The normalized spacial score (nSPS) is 15.3. The zero-order valence-electron chi connectivity index (χ0n) is 11.8. The van der Waals surface area contributed by atoms with E-state index in [0.29, 0.717) is 10.7 Å². The number of imidazole rings is 1. The zero-order chi connectivity index (χ0) is 14.8. The van der Waals surface area contributed by atoms with Crippen LogP contribution in [-0.2, 0) is 13.0 Å². The molecule has 0 aliphatic carbocycles. The van der Waals surface area contributed by atoms with E-state index in [1.165, 1.54) is 0 Å². The van der Waals surface area contributed by atoms with Gasteiger partial charge >= 0.3 is 0 Å². The highest BCUT2D eigenvalue weighted by Crippen LogP contribution is 2.18. The number of nitrogens with zero attached hydrogens (tertiary/aromatic N) is 3. The van der Waals surface area contributed by atoms with Gasteiger partial charge in [0.2, 0.25) is 0 Å². The van der Waals surface area contributed by atoms with Gasteiger partial charge in [-0.3, -0.25) is 9.78 Å². The largest absolute Gasteiger partial charge is 0.343 e. The standard InChI is InChI=1S/C15H17ClN4O/c1-10(12-6-5-11(16)8-17-12)19-15(21)13-9-18-14-4-2-3-7-20(13)14/h5-6,8-10H,2-4,7H2,1H3,(H,19,21)/t10-/m0/s1. The number of hydrogen-bond donors (Lipinski definition) is 1. The number of carbonyl (C=O) groups is 1. The highest BCUT2D eigenvalue weighted by Gasteiger charge is 2.20. The Labute approximate surface area is 128 Å². The number of hydrogen-bond acceptors (Lipinski definition) is 3. The molecule has 1 N–H and O–H groups in total. The van der Waals surface area contributed by atoms with Crippen LogP contribution in [-0.4, -0.2) is 20.4 Å². The maximum atomic E-state index is 12.4. The molecule has 0 radical (unpaired) electrons. The van der Waals surface area contributed by atoms with Gasteiger partial charge in [-0.05, 0) is 31.9 Å². The van der Waals surface area contributed by atoms with Crippen molar-refractivity contribution in [1.82, 2.24) is 19.9 Å². The van der Waals surface area contributed by atoms with Crippen LogP contribution in [0.25, 0.3) is 0 Å². The molecule has 0 spiro atoms. The summed E-state index contributed by atoms with van der Waals surface area (Å²) in [5, 5.41) is 3.55. The van der Waals surface area contributed by atoms with Crippen LogP contribution in [0.5, 0.6) is 0 Å². The van der Waals surface area contributed by atoms with Gasteiger partial charge in [0, 0.05) is 19.2 Å². The van der Waals surface area contributed by atoms with Gasteiger partial charge in [-0.1, -0.05) is 11.6 Å². The maximum absolute atomic E-state index is 12.4. The Bertz CT molecular complexity index is 650. The van der Waals surface area contributed by atoms with Gasteiger partial charge in [0.1, 0.15) is 11.5 Å². The molecule has 3 heterocycles. The van der Waals surface area contributed by atoms with Crippen molar-refractivity contribution in [1.29, 1.82) is 0 Å². The molecule has 0 saturated heterocycles. The number of carbonyl (C=O) groups excluding carboxylic acids is 1. The Hall–Kier alpha value is -1.88. The molecule has 0 unspecified atom stereocenters. The van der Waals surface area contributed by atoms with Gasteiger partial charge in [0.15, 0.2) is 0 Å². The number of rotatable bonds is 3. The fourth-order valence-electron chi connectivity index (χ4n) is 2.59. The van der Waals surface area contributed by atoms with E-state index in [9.17, 15) is 4.79 Å². The molecule has 1 aliphatic heterocycles. The minimum Gasteiger partial charge on any atom is -0.343 e. The SMILES string of the molecule is C[C@H](NC(=O)c1cnc2n1CCCC2)c1ccc(Cl)cn1. The summed E-state index contributed by atoms with van der Waals surface area (Å²) in [4.78, 5) is 21.0. The molecule has 1 aliphatic rings. The molecule has 0 saturated carbocycles. The lowest BCUT2D eigenvalue weighted by Crippen LogP contribution is -2.30. The Balaban J connectivity index is 1.74. The van der Waals surface area contributed by atoms with Gasteiger partial charge in [-0.2, -0.15) is 0 Å². The van der Waals surface area contributed by atoms with Crippen LogP contribution in [0, 0.1) is 0 Å². The Kier molecular flexibility index (Phi) is 3.92. The van der Waals surface area contributed by atoms with E-state index < -0.39 is 0 Å². The van der Waals surface area contributed by atoms with E-state index in [0.717, 1.165) is 37.3 Å². The van der Waals surface area contributed by atoms with E-state index >= 15 is 0 Å². The summed E-state index contributed by atoms with van der Waals surface area (Å²) in [5.41, 5.74) is 1.41. The second kappa shape index (κ2) is 5.85. The average Bonchev–Trinajstić information content (AvgIpc) is 2.92. The molecular weight excluding hydrogens is 288 g/mol. The van der Waals surface area contributed by atoms with Crippen molar-refractivity contribution >= 4 is 17.5 Å². The van der Waals surface area contributed by atoms with Crippen LogP contribution in [0.4, 0.5) is 0 Å². The number of aryl methyl sites for hydroxylation is 1. The number of amides is 1. The summed E-state index contributed by atoms with van der Waals surface area (Å²) in [6.45, 7) is 2.77. The molecule has 1 amide bonds. The number of pyridine rings is 1. The molecule has 0 aromatic carbocycles. The summed E-state index contributed by atoms with van der Waals surface area (Å²) >= 11 is 5.82. The van der Waals surface area contributed by atoms with Crippen molar-refractivity contribution < 1.29 is 4.79 Å². The summed E-state index contributed by atoms with van der Waals surface area (Å²) in [5.74, 6) is 0.892. The molecular formula is C15H17ClN4O. The fraction of sp³-hybridized carbons (Fsp3) is 0.400. The fourth-order valence-corrected chi connectivity index (χ4v) is 2.70. The van der Waals surface area contributed by atoms with Crippen LogP contribution < -0.4 is 5.32 Å². The lowest BCUT2D eigenvalue weighted by Gasteiger charge is -2.18. The first-order valence-corrected chi connectivity index (χ1v) is 7.49. The van der Waals surface area contributed by atoms with Gasteiger partial charge in [0.25, 0.3) is 5.91 Å². The molecule has 5 nitrogen and oxygen atoms in total. The molecule has 3 rings (SSSR count). The minimum absolute atomic E-state index is 0.111. The average molecular weight is 305 g/mol. The van der Waals surface area contributed by atoms with E-state index in [4.69, 9.17) is 11.6 Å².